The van der Waals surface area contributed by atoms with E-state index in [0.717, 1.165) is 6.42 Å². The topological polar surface area (TPSA) is 83.8 Å². The summed E-state index contributed by atoms with van der Waals surface area (Å²) >= 11 is 0. The van der Waals surface area contributed by atoms with E-state index in [0.29, 0.717) is 17.9 Å². The van der Waals surface area contributed by atoms with Crippen LogP contribution in [0.4, 0.5) is 5.69 Å². The number of nitrogens with two attached hydrogens (primary N) is 1. The van der Waals surface area contributed by atoms with Gasteiger partial charge >= 0.3 is 0 Å². The quantitative estimate of drug-likeness (QED) is 0.778. The van der Waals surface area contributed by atoms with Gasteiger partial charge in [-0.2, -0.15) is 5.10 Å². The number of carbonyl (C=O) groups excluding carboxylic acids is 1. The van der Waals surface area contributed by atoms with Crippen molar-refractivity contribution in [1.82, 2.24) is 15.5 Å². The molecule has 5 nitrogen and oxygen atoms in total. The lowest BCUT2D eigenvalue weighted by molar-refractivity contribution is 0.0950. The second-order valence-corrected chi connectivity index (χ2v) is 4.61. The highest BCUT2D eigenvalue weighted by atomic mass is 16.1. The molecule has 1 amide bonds. The minimum atomic E-state index is -0.241. The van der Waals surface area contributed by atoms with Gasteiger partial charge in [0.2, 0.25) is 0 Å². The third kappa shape index (κ3) is 3.13. The molecule has 0 spiro atoms. The molecule has 0 atom stereocenters. The molecule has 0 saturated carbocycles. The predicted octanol–water partition coefficient (Wildman–Crippen LogP) is 1.58. The number of nitrogens with zero attached hydrogens (tertiary/aromatic N) is 1. The van der Waals surface area contributed by atoms with Crippen LogP contribution in [0.3, 0.4) is 0 Å². The summed E-state index contributed by atoms with van der Waals surface area (Å²) in [5, 5.41) is 9.41. The number of hydrogen-bond acceptors (Lipinski definition) is 3. The summed E-state index contributed by atoms with van der Waals surface area (Å²) in [6.45, 7) is 4.40. The standard InChI is InChI=1S/C14H18N4O/c1-9-4-3-5-11(8-9)6-7-16-14(19)13-12(15)10(2)17-18-13/h3-5,8H,6-7,15H2,1-2H3,(H,16,19)(H,17,18). The predicted molar refractivity (Wildman–Crippen MR) is 75.0 cm³/mol. The smallest absolute Gasteiger partial charge is 0.273 e. The zero-order valence-corrected chi connectivity index (χ0v) is 11.2. The van der Waals surface area contributed by atoms with Crippen LogP contribution < -0.4 is 11.1 Å². The Kier molecular flexibility index (Phi) is 3.85. The van der Waals surface area contributed by atoms with Crippen LogP contribution >= 0.6 is 0 Å². The molecule has 1 heterocycles. The second kappa shape index (κ2) is 5.56. The molecule has 4 N–H and O–H groups in total. The number of anilines is 1. The Morgan fingerprint density at radius 1 is 1.42 bits per heavy atom. The maximum absolute atomic E-state index is 11.9. The minimum absolute atomic E-state index is 0.241. The van der Waals surface area contributed by atoms with Crippen molar-refractivity contribution in [3.63, 3.8) is 0 Å². The zero-order chi connectivity index (χ0) is 13.8. The van der Waals surface area contributed by atoms with E-state index in [1.165, 1.54) is 11.1 Å². The SMILES string of the molecule is Cc1cccc(CCNC(=O)c2n[nH]c(C)c2N)c1. The third-order valence-electron chi connectivity index (χ3n) is 2.99. The van der Waals surface area contributed by atoms with Crippen LogP contribution in [0.25, 0.3) is 0 Å². The van der Waals surface area contributed by atoms with Gasteiger partial charge in [-0.05, 0) is 25.8 Å². The number of nitrogen functional groups attached to an aromatic ring is 1. The number of carbonyl (C=O) groups is 1. The number of benzene rings is 1. The highest BCUT2D eigenvalue weighted by Crippen LogP contribution is 2.12. The van der Waals surface area contributed by atoms with Gasteiger partial charge in [0, 0.05) is 6.54 Å². The molecule has 0 bridgehead atoms. The first-order valence-corrected chi connectivity index (χ1v) is 6.22. The van der Waals surface area contributed by atoms with Crippen molar-refractivity contribution < 1.29 is 4.79 Å². The van der Waals surface area contributed by atoms with Gasteiger partial charge in [0.25, 0.3) is 5.91 Å². The molecule has 1 aromatic carbocycles. The molecule has 1 aromatic heterocycles. The number of aromatic amines is 1. The molecule has 2 rings (SSSR count). The fourth-order valence-corrected chi connectivity index (χ4v) is 1.88. The van der Waals surface area contributed by atoms with Gasteiger partial charge in [0.15, 0.2) is 5.69 Å². The van der Waals surface area contributed by atoms with Crippen LogP contribution in [0.5, 0.6) is 0 Å². The molecule has 0 fully saturated rings. The molecule has 5 heteroatoms. The number of aryl methyl sites for hydroxylation is 2. The largest absolute Gasteiger partial charge is 0.395 e. The Labute approximate surface area is 112 Å². The van der Waals surface area contributed by atoms with Gasteiger partial charge < -0.3 is 11.1 Å². The van der Waals surface area contributed by atoms with E-state index in [4.69, 9.17) is 5.73 Å². The van der Waals surface area contributed by atoms with Crippen molar-refractivity contribution in [3.05, 3.63) is 46.8 Å². The summed E-state index contributed by atoms with van der Waals surface area (Å²) < 4.78 is 0. The molecule has 0 radical (unpaired) electrons. The van der Waals surface area contributed by atoms with Gasteiger partial charge in [-0.25, -0.2) is 0 Å². The minimum Gasteiger partial charge on any atom is -0.395 e. The Morgan fingerprint density at radius 2 is 2.21 bits per heavy atom. The summed E-state index contributed by atoms with van der Waals surface area (Å²) in [5.74, 6) is -0.241. The highest BCUT2D eigenvalue weighted by molar-refractivity contribution is 5.97. The lowest BCUT2D eigenvalue weighted by Crippen LogP contribution is -2.26. The first-order chi connectivity index (χ1) is 9.08. The van der Waals surface area contributed by atoms with E-state index in [9.17, 15) is 4.79 Å². The van der Waals surface area contributed by atoms with Crippen LogP contribution in [0.15, 0.2) is 24.3 Å². The van der Waals surface area contributed by atoms with Crippen molar-refractivity contribution in [2.75, 3.05) is 12.3 Å². The summed E-state index contributed by atoms with van der Waals surface area (Å²) in [6.07, 6.45) is 0.788. The molecule has 0 aliphatic carbocycles. The van der Waals surface area contributed by atoms with Crippen LogP contribution in [0.1, 0.15) is 27.3 Å². The van der Waals surface area contributed by atoms with Gasteiger partial charge in [-0.3, -0.25) is 9.89 Å². The van der Waals surface area contributed by atoms with Crippen molar-refractivity contribution in [2.45, 2.75) is 20.3 Å². The molecule has 100 valence electrons. The first kappa shape index (κ1) is 13.1. The number of H-pyrrole nitrogens is 1. The highest BCUT2D eigenvalue weighted by Gasteiger charge is 2.14. The molecular formula is C14H18N4O. The van der Waals surface area contributed by atoms with E-state index >= 15 is 0 Å². The van der Waals surface area contributed by atoms with Crippen LogP contribution in [-0.4, -0.2) is 22.6 Å². The molecule has 0 aliphatic heterocycles. The number of rotatable bonds is 4. The first-order valence-electron chi connectivity index (χ1n) is 6.22. The third-order valence-corrected chi connectivity index (χ3v) is 2.99. The maximum Gasteiger partial charge on any atom is 0.273 e. The Hall–Kier alpha value is -2.30. The number of nitrogens with one attached hydrogen (secondary N) is 2. The van der Waals surface area contributed by atoms with Gasteiger partial charge in [0.1, 0.15) is 0 Å². The number of amides is 1. The molecule has 0 unspecified atom stereocenters. The Bertz CT molecular complexity index is 589. The van der Waals surface area contributed by atoms with Crippen molar-refractivity contribution in [1.29, 1.82) is 0 Å². The molecule has 0 saturated heterocycles. The van der Waals surface area contributed by atoms with E-state index in [1.807, 2.05) is 12.1 Å². The van der Waals surface area contributed by atoms with Crippen molar-refractivity contribution in [2.24, 2.45) is 0 Å². The van der Waals surface area contributed by atoms with E-state index in [1.54, 1.807) is 6.92 Å². The lowest BCUT2D eigenvalue weighted by Gasteiger charge is -2.05. The van der Waals surface area contributed by atoms with E-state index < -0.39 is 0 Å². The average Bonchev–Trinajstić information content (AvgIpc) is 2.70. The molecule has 2 aromatic rings. The fourth-order valence-electron chi connectivity index (χ4n) is 1.88. The number of hydrogen-bond donors (Lipinski definition) is 3. The van der Waals surface area contributed by atoms with E-state index in [-0.39, 0.29) is 11.6 Å². The Balaban J connectivity index is 1.89. The molecular weight excluding hydrogens is 240 g/mol. The monoisotopic (exact) mass is 258 g/mol. The summed E-state index contributed by atoms with van der Waals surface area (Å²) in [7, 11) is 0. The Morgan fingerprint density at radius 3 is 2.84 bits per heavy atom. The van der Waals surface area contributed by atoms with Crippen molar-refractivity contribution in [3.8, 4) is 0 Å². The average molecular weight is 258 g/mol. The van der Waals surface area contributed by atoms with Gasteiger partial charge in [-0.1, -0.05) is 29.8 Å². The maximum atomic E-state index is 11.9. The van der Waals surface area contributed by atoms with Crippen LogP contribution in [-0.2, 0) is 6.42 Å². The van der Waals surface area contributed by atoms with Crippen LogP contribution in [0.2, 0.25) is 0 Å². The lowest BCUT2D eigenvalue weighted by atomic mass is 10.1. The summed E-state index contributed by atoms with van der Waals surface area (Å²) in [6, 6.07) is 8.22. The number of aromatic nitrogens is 2. The molecule has 19 heavy (non-hydrogen) atoms. The van der Waals surface area contributed by atoms with Crippen molar-refractivity contribution >= 4 is 11.6 Å². The summed E-state index contributed by atoms with van der Waals surface area (Å²) in [5.41, 5.74) is 9.56. The van der Waals surface area contributed by atoms with Crippen LogP contribution in [0, 0.1) is 13.8 Å². The fraction of sp³-hybridized carbons (Fsp3) is 0.286. The van der Waals surface area contributed by atoms with E-state index in [2.05, 4.69) is 34.6 Å². The zero-order valence-electron chi connectivity index (χ0n) is 11.2. The second-order valence-electron chi connectivity index (χ2n) is 4.61. The summed E-state index contributed by atoms with van der Waals surface area (Å²) in [4.78, 5) is 11.9. The van der Waals surface area contributed by atoms with Gasteiger partial charge in [-0.15, -0.1) is 0 Å². The molecule has 0 aliphatic rings. The van der Waals surface area contributed by atoms with Gasteiger partial charge in [0.05, 0.1) is 11.4 Å². The normalized spacial score (nSPS) is 10.4.